The average Bonchev–Trinajstić information content (AvgIpc) is 3.34. The van der Waals surface area contributed by atoms with Crippen molar-refractivity contribution in [1.82, 2.24) is 0 Å². The van der Waals surface area contributed by atoms with Crippen molar-refractivity contribution in [2.24, 2.45) is 29.1 Å². The summed E-state index contributed by atoms with van der Waals surface area (Å²) in [5, 5.41) is 30.3. The lowest BCUT2D eigenvalue weighted by Gasteiger charge is -2.44. The highest BCUT2D eigenvalue weighted by atomic mass is 16.6. The van der Waals surface area contributed by atoms with Crippen molar-refractivity contribution < 1.29 is 29.6 Å². The first kappa shape index (κ1) is 28.3. The fourth-order valence-electron chi connectivity index (χ4n) is 7.66. The van der Waals surface area contributed by atoms with Gasteiger partial charge < -0.3 is 24.8 Å². The Hall–Kier alpha value is -1.73. The SMILES string of the molecule is C=C1/C(=C\C=C2/CCC[C@]3(C)[C@@H]([C@H](C)C[C@H]4OC(=O)C(=C)[C@@H]4C)CC[C@@H]23)C[C@@H](O)[C@H](OCCCO)[C@@H]1O. The largest absolute Gasteiger partial charge is 0.458 e. The van der Waals surface area contributed by atoms with Crippen LogP contribution in [0, 0.1) is 29.1 Å². The van der Waals surface area contributed by atoms with E-state index in [1.807, 2.05) is 0 Å². The molecular weight excluding hydrogens is 468 g/mol. The summed E-state index contributed by atoms with van der Waals surface area (Å²) in [4.78, 5) is 12.0. The predicted octanol–water partition coefficient (Wildman–Crippen LogP) is 4.65. The Balaban J connectivity index is 1.44. The molecule has 1 aliphatic heterocycles. The van der Waals surface area contributed by atoms with E-state index in [4.69, 9.17) is 14.6 Å². The highest BCUT2D eigenvalue weighted by molar-refractivity contribution is 5.90. The third kappa shape index (κ3) is 5.54. The average molecular weight is 515 g/mol. The van der Waals surface area contributed by atoms with Crippen molar-refractivity contribution in [2.75, 3.05) is 13.2 Å². The van der Waals surface area contributed by atoms with Crippen LogP contribution < -0.4 is 0 Å². The molecule has 0 aromatic heterocycles. The van der Waals surface area contributed by atoms with E-state index in [2.05, 4.69) is 46.1 Å². The van der Waals surface area contributed by atoms with Crippen molar-refractivity contribution in [1.29, 1.82) is 0 Å². The maximum Gasteiger partial charge on any atom is 0.334 e. The van der Waals surface area contributed by atoms with Gasteiger partial charge in [0.05, 0.1) is 6.10 Å². The first-order chi connectivity index (χ1) is 17.6. The van der Waals surface area contributed by atoms with Gasteiger partial charge in [0.1, 0.15) is 18.3 Å². The number of allylic oxidation sites excluding steroid dienone is 3. The van der Waals surface area contributed by atoms with Crippen LogP contribution in [0.15, 0.2) is 47.6 Å². The van der Waals surface area contributed by atoms with Gasteiger partial charge in [0.15, 0.2) is 0 Å². The molecule has 4 fully saturated rings. The number of aliphatic hydroxyl groups is 3. The Kier molecular flexibility index (Phi) is 8.84. The number of esters is 1. The molecule has 6 heteroatoms. The molecule has 3 aliphatic carbocycles. The summed E-state index contributed by atoms with van der Waals surface area (Å²) in [5.74, 6) is 1.41. The molecule has 1 saturated heterocycles. The minimum absolute atomic E-state index is 0.0151. The van der Waals surface area contributed by atoms with Crippen molar-refractivity contribution in [2.45, 2.75) is 96.6 Å². The van der Waals surface area contributed by atoms with Gasteiger partial charge >= 0.3 is 5.97 Å². The van der Waals surface area contributed by atoms with Crippen LogP contribution in [0.3, 0.4) is 0 Å². The number of cyclic esters (lactones) is 1. The van der Waals surface area contributed by atoms with Crippen molar-refractivity contribution in [3.8, 4) is 0 Å². The normalized spacial score (nSPS) is 41.4. The molecule has 1 heterocycles. The summed E-state index contributed by atoms with van der Waals surface area (Å²) in [6.07, 6.45) is 9.30. The van der Waals surface area contributed by atoms with Crippen LogP contribution in [0.4, 0.5) is 0 Å². The number of hydrogen-bond acceptors (Lipinski definition) is 6. The minimum Gasteiger partial charge on any atom is -0.458 e. The molecule has 37 heavy (non-hydrogen) atoms. The monoisotopic (exact) mass is 514 g/mol. The molecular formula is C31H46O6. The molecule has 4 aliphatic rings. The fraction of sp³-hybridized carbons (Fsp3) is 0.710. The second-order valence-corrected chi connectivity index (χ2v) is 12.2. The van der Waals surface area contributed by atoms with Crippen LogP contribution in [0.2, 0.25) is 0 Å². The van der Waals surface area contributed by atoms with Gasteiger partial charge in [-0.3, -0.25) is 0 Å². The van der Waals surface area contributed by atoms with Gasteiger partial charge in [0.25, 0.3) is 0 Å². The lowest BCUT2D eigenvalue weighted by atomic mass is 9.60. The zero-order valence-electron chi connectivity index (χ0n) is 22.8. The number of fused-ring (bicyclic) bond motifs is 1. The Morgan fingerprint density at radius 1 is 1.22 bits per heavy atom. The molecule has 9 atom stereocenters. The molecule has 0 unspecified atom stereocenters. The van der Waals surface area contributed by atoms with Gasteiger partial charge in [-0.05, 0) is 79.3 Å². The summed E-state index contributed by atoms with van der Waals surface area (Å²) < 4.78 is 11.3. The fourth-order valence-corrected chi connectivity index (χ4v) is 7.66. The van der Waals surface area contributed by atoms with Gasteiger partial charge in [-0.25, -0.2) is 4.79 Å². The lowest BCUT2D eigenvalue weighted by Crippen LogP contribution is -2.45. The van der Waals surface area contributed by atoms with E-state index in [-0.39, 0.29) is 30.0 Å². The summed E-state index contributed by atoms with van der Waals surface area (Å²) >= 11 is 0. The van der Waals surface area contributed by atoms with E-state index in [9.17, 15) is 15.0 Å². The van der Waals surface area contributed by atoms with Crippen LogP contribution in [0.1, 0.15) is 72.1 Å². The summed E-state index contributed by atoms with van der Waals surface area (Å²) in [6.45, 7) is 15.2. The zero-order valence-corrected chi connectivity index (χ0v) is 22.8. The second-order valence-electron chi connectivity index (χ2n) is 12.2. The molecule has 6 nitrogen and oxygen atoms in total. The van der Waals surface area contributed by atoms with E-state index < -0.39 is 18.3 Å². The number of carbonyl (C=O) groups is 1. The Morgan fingerprint density at radius 3 is 2.65 bits per heavy atom. The number of carbonyl (C=O) groups excluding carboxylic acids is 1. The van der Waals surface area contributed by atoms with E-state index in [1.54, 1.807) is 0 Å². The van der Waals surface area contributed by atoms with E-state index in [0.29, 0.717) is 48.3 Å². The molecule has 0 amide bonds. The highest BCUT2D eigenvalue weighted by Gasteiger charge is 2.51. The Labute approximate surface area is 222 Å². The standard InChI is InChI=1S/C31H46O6/c1-18(16-27-19(2)20(3)30(35)37-27)24-11-12-25-22(8-6-13-31(24,25)5)9-10-23-17-26(33)29(28(34)21(23)4)36-15-7-14-32/h9-10,18-19,24-29,32-34H,3-4,6-8,11-17H2,1-2,5H3/b22-9+,23-10-/t18-,19+,24-,25+,26-,27-,28-,29+,31-/m1/s1. The number of ether oxygens (including phenoxy) is 2. The number of hydrogen-bond donors (Lipinski definition) is 3. The zero-order chi connectivity index (χ0) is 26.9. The molecule has 0 aromatic rings. The van der Waals surface area contributed by atoms with Crippen LogP contribution in [-0.2, 0) is 14.3 Å². The summed E-state index contributed by atoms with van der Waals surface area (Å²) in [6, 6.07) is 0. The summed E-state index contributed by atoms with van der Waals surface area (Å²) in [7, 11) is 0. The number of rotatable bonds is 8. The van der Waals surface area contributed by atoms with Gasteiger partial charge in [0, 0.05) is 31.1 Å². The minimum atomic E-state index is -0.955. The van der Waals surface area contributed by atoms with Crippen molar-refractivity contribution in [3.63, 3.8) is 0 Å². The smallest absolute Gasteiger partial charge is 0.334 e. The highest BCUT2D eigenvalue weighted by Crippen LogP contribution is 2.60. The molecule has 3 saturated carbocycles. The van der Waals surface area contributed by atoms with E-state index >= 15 is 0 Å². The summed E-state index contributed by atoms with van der Waals surface area (Å²) in [5.41, 5.74) is 3.77. The van der Waals surface area contributed by atoms with Crippen LogP contribution in [0.5, 0.6) is 0 Å². The number of aliphatic hydroxyl groups excluding tert-OH is 3. The quantitative estimate of drug-likeness (QED) is 0.248. The van der Waals surface area contributed by atoms with Crippen molar-refractivity contribution >= 4 is 5.97 Å². The van der Waals surface area contributed by atoms with Crippen LogP contribution in [-0.4, -0.2) is 58.9 Å². The van der Waals surface area contributed by atoms with Crippen LogP contribution >= 0.6 is 0 Å². The molecule has 3 N–H and O–H groups in total. The van der Waals surface area contributed by atoms with Gasteiger partial charge in [-0.2, -0.15) is 0 Å². The topological polar surface area (TPSA) is 96.2 Å². The lowest BCUT2D eigenvalue weighted by molar-refractivity contribution is -0.140. The first-order valence-corrected chi connectivity index (χ1v) is 14.2. The van der Waals surface area contributed by atoms with E-state index in [1.165, 1.54) is 24.8 Å². The molecule has 0 spiro atoms. The molecule has 206 valence electrons. The van der Waals surface area contributed by atoms with E-state index in [0.717, 1.165) is 24.8 Å². The van der Waals surface area contributed by atoms with Gasteiger partial charge in [-0.15, -0.1) is 0 Å². The molecule has 4 rings (SSSR count). The predicted molar refractivity (Wildman–Crippen MR) is 144 cm³/mol. The molecule has 0 radical (unpaired) electrons. The van der Waals surface area contributed by atoms with Gasteiger partial charge in [0.2, 0.25) is 0 Å². The molecule has 0 bridgehead atoms. The maximum atomic E-state index is 12.0. The molecule has 0 aromatic carbocycles. The van der Waals surface area contributed by atoms with Crippen LogP contribution in [0.25, 0.3) is 0 Å². The first-order valence-electron chi connectivity index (χ1n) is 14.2. The maximum absolute atomic E-state index is 12.0. The second kappa shape index (κ2) is 11.6. The van der Waals surface area contributed by atoms with Gasteiger partial charge in [-0.1, -0.05) is 51.7 Å². The van der Waals surface area contributed by atoms with Crippen molar-refractivity contribution in [3.05, 3.63) is 47.6 Å². The third-order valence-electron chi connectivity index (χ3n) is 9.96. The Morgan fingerprint density at radius 2 is 1.97 bits per heavy atom. The Bertz CT molecular complexity index is 949. The third-order valence-corrected chi connectivity index (χ3v) is 9.96.